The Morgan fingerprint density at radius 1 is 1.53 bits per heavy atom. The molecule has 1 saturated carbocycles. The minimum absolute atomic E-state index is 0.216. The van der Waals surface area contributed by atoms with Crippen LogP contribution in [0.15, 0.2) is 23.4 Å². The highest BCUT2D eigenvalue weighted by atomic mass is 32.2. The first-order valence-corrected chi connectivity index (χ1v) is 5.78. The van der Waals surface area contributed by atoms with Crippen molar-refractivity contribution in [3.8, 4) is 12.3 Å². The number of hydrogen-bond acceptors (Lipinski definition) is 3. The van der Waals surface area contributed by atoms with Crippen molar-refractivity contribution in [1.82, 2.24) is 4.98 Å². The Bertz CT molecular complexity index is 403. The molecule has 1 aromatic heterocycles. The summed E-state index contributed by atoms with van der Waals surface area (Å²) >= 11 is 1.16. The van der Waals surface area contributed by atoms with E-state index in [2.05, 4.69) is 30.8 Å². The molecule has 1 aliphatic carbocycles. The number of pyridine rings is 1. The second kappa shape index (κ2) is 3.55. The summed E-state index contributed by atoms with van der Waals surface area (Å²) in [7, 11) is 0. The molecule has 78 valence electrons. The largest absolute Gasteiger partial charge is 0.272 e. The molecule has 0 saturated heterocycles. The number of rotatable bonds is 2. The van der Waals surface area contributed by atoms with Crippen LogP contribution < -0.4 is 5.14 Å². The van der Waals surface area contributed by atoms with Crippen molar-refractivity contribution >= 4 is 11.9 Å². The van der Waals surface area contributed by atoms with Gasteiger partial charge in [-0.2, -0.15) is 0 Å². The van der Waals surface area contributed by atoms with Crippen molar-refractivity contribution in [3.63, 3.8) is 0 Å². The molecule has 2 N–H and O–H groups in total. The second-order valence-corrected chi connectivity index (χ2v) is 5.14. The molecule has 2 unspecified atom stereocenters. The Morgan fingerprint density at radius 2 is 2.27 bits per heavy atom. The summed E-state index contributed by atoms with van der Waals surface area (Å²) in [5.74, 6) is 3.64. The van der Waals surface area contributed by atoms with E-state index in [9.17, 15) is 0 Å². The van der Waals surface area contributed by atoms with Crippen LogP contribution in [0.2, 0.25) is 0 Å². The summed E-state index contributed by atoms with van der Waals surface area (Å²) < 4.78 is 0. The highest BCUT2D eigenvalue weighted by molar-refractivity contribution is 7.97. The Hall–Kier alpha value is -0.980. The molecule has 15 heavy (non-hydrogen) atoms. The van der Waals surface area contributed by atoms with Gasteiger partial charge in [0.25, 0.3) is 0 Å². The van der Waals surface area contributed by atoms with Gasteiger partial charge in [-0.3, -0.25) is 5.14 Å². The van der Waals surface area contributed by atoms with Gasteiger partial charge in [-0.25, -0.2) is 4.98 Å². The topological polar surface area (TPSA) is 38.9 Å². The van der Waals surface area contributed by atoms with Gasteiger partial charge >= 0.3 is 0 Å². The molecule has 0 spiro atoms. The molecule has 1 aliphatic rings. The third-order valence-electron chi connectivity index (χ3n) is 3.25. The first-order valence-electron chi connectivity index (χ1n) is 4.90. The molecular weight excluding hydrogens is 204 g/mol. The van der Waals surface area contributed by atoms with Crippen LogP contribution >= 0.6 is 11.9 Å². The summed E-state index contributed by atoms with van der Waals surface area (Å²) in [5, 5.41) is 6.26. The fourth-order valence-electron chi connectivity index (χ4n) is 2.22. The number of hydrogen-bond donors (Lipinski definition) is 1. The van der Waals surface area contributed by atoms with Crippen molar-refractivity contribution in [2.75, 3.05) is 0 Å². The van der Waals surface area contributed by atoms with Gasteiger partial charge in [0.05, 0.1) is 0 Å². The Kier molecular flexibility index (Phi) is 2.49. The molecule has 0 radical (unpaired) electrons. The zero-order chi connectivity index (χ0) is 11.1. The van der Waals surface area contributed by atoms with Crippen molar-refractivity contribution in [1.29, 1.82) is 0 Å². The lowest BCUT2D eigenvalue weighted by Gasteiger charge is -2.02. The minimum atomic E-state index is 0.216. The van der Waals surface area contributed by atoms with Crippen LogP contribution in [0.4, 0.5) is 0 Å². The molecule has 1 fully saturated rings. The fourth-order valence-corrected chi connectivity index (χ4v) is 2.48. The SMILES string of the molecule is C#CC1C(c2ccc(SN)nc2)C1(C)C. The van der Waals surface area contributed by atoms with Crippen LogP contribution in [0.25, 0.3) is 0 Å². The number of nitrogens with two attached hydrogens (primary N) is 1. The van der Waals surface area contributed by atoms with Gasteiger partial charge in [0.2, 0.25) is 0 Å². The van der Waals surface area contributed by atoms with Crippen molar-refractivity contribution in [2.24, 2.45) is 16.5 Å². The van der Waals surface area contributed by atoms with Gasteiger partial charge in [0.1, 0.15) is 5.03 Å². The molecule has 3 heteroatoms. The third-order valence-corrected chi connectivity index (χ3v) is 3.73. The molecule has 0 aromatic carbocycles. The van der Waals surface area contributed by atoms with Gasteiger partial charge < -0.3 is 0 Å². The second-order valence-electron chi connectivity index (χ2n) is 4.49. The van der Waals surface area contributed by atoms with Crippen LogP contribution in [0.1, 0.15) is 25.3 Å². The van der Waals surface area contributed by atoms with E-state index in [0.717, 1.165) is 17.0 Å². The predicted molar refractivity (Wildman–Crippen MR) is 63.1 cm³/mol. The van der Waals surface area contributed by atoms with Crippen molar-refractivity contribution in [3.05, 3.63) is 23.9 Å². The third kappa shape index (κ3) is 1.64. The molecule has 2 rings (SSSR count). The van der Waals surface area contributed by atoms with Gasteiger partial charge in [-0.05, 0) is 29.0 Å². The lowest BCUT2D eigenvalue weighted by molar-refractivity contribution is 0.597. The monoisotopic (exact) mass is 218 g/mol. The van der Waals surface area contributed by atoms with Gasteiger partial charge in [0.15, 0.2) is 0 Å². The van der Waals surface area contributed by atoms with Crippen LogP contribution in [0.3, 0.4) is 0 Å². The maximum Gasteiger partial charge on any atom is 0.111 e. The summed E-state index contributed by atoms with van der Waals surface area (Å²) in [4.78, 5) is 4.26. The van der Waals surface area contributed by atoms with E-state index in [1.165, 1.54) is 5.56 Å². The smallest absolute Gasteiger partial charge is 0.111 e. The molecule has 1 heterocycles. The van der Waals surface area contributed by atoms with E-state index in [4.69, 9.17) is 11.6 Å². The quantitative estimate of drug-likeness (QED) is 0.612. The van der Waals surface area contributed by atoms with E-state index < -0.39 is 0 Å². The van der Waals surface area contributed by atoms with E-state index in [-0.39, 0.29) is 5.41 Å². The molecule has 2 nitrogen and oxygen atoms in total. The number of nitrogens with zero attached hydrogens (tertiary/aromatic N) is 1. The van der Waals surface area contributed by atoms with E-state index in [1.54, 1.807) is 0 Å². The van der Waals surface area contributed by atoms with Gasteiger partial charge in [-0.1, -0.05) is 19.9 Å². The Labute approximate surface area is 94.8 Å². The van der Waals surface area contributed by atoms with Gasteiger partial charge in [-0.15, -0.1) is 12.3 Å². The first-order chi connectivity index (χ1) is 7.11. The Balaban J connectivity index is 2.23. The minimum Gasteiger partial charge on any atom is -0.272 e. The maximum atomic E-state index is 5.50. The highest BCUT2D eigenvalue weighted by Crippen LogP contribution is 2.63. The van der Waals surface area contributed by atoms with E-state index in [0.29, 0.717) is 11.8 Å². The zero-order valence-electron chi connectivity index (χ0n) is 8.90. The summed E-state index contributed by atoms with van der Waals surface area (Å²) in [6.07, 6.45) is 7.39. The predicted octanol–water partition coefficient (Wildman–Crippen LogP) is 2.42. The van der Waals surface area contributed by atoms with Gasteiger partial charge in [0, 0.05) is 18.0 Å². The van der Waals surface area contributed by atoms with E-state index in [1.807, 2.05) is 12.3 Å². The zero-order valence-corrected chi connectivity index (χ0v) is 9.71. The lowest BCUT2D eigenvalue weighted by Crippen LogP contribution is -1.92. The molecule has 0 bridgehead atoms. The molecule has 0 amide bonds. The number of aromatic nitrogens is 1. The van der Waals surface area contributed by atoms with Crippen LogP contribution in [0, 0.1) is 23.7 Å². The van der Waals surface area contributed by atoms with Crippen LogP contribution in [-0.4, -0.2) is 4.98 Å². The standard InChI is InChI=1S/C12H14N2S/c1-4-9-11(12(9,2)3)8-5-6-10(15-13)14-7-8/h1,5-7,9,11H,13H2,2-3H3. The number of terminal acetylenes is 1. The summed E-state index contributed by atoms with van der Waals surface area (Å²) in [5.41, 5.74) is 1.44. The lowest BCUT2D eigenvalue weighted by atomic mass is 10.1. The fraction of sp³-hybridized carbons (Fsp3) is 0.417. The maximum absolute atomic E-state index is 5.50. The van der Waals surface area contributed by atoms with Crippen molar-refractivity contribution in [2.45, 2.75) is 24.8 Å². The van der Waals surface area contributed by atoms with E-state index >= 15 is 0 Å². The summed E-state index contributed by atoms with van der Waals surface area (Å²) in [6.45, 7) is 4.40. The first kappa shape index (κ1) is 10.5. The molecule has 0 aliphatic heterocycles. The summed E-state index contributed by atoms with van der Waals surface area (Å²) in [6, 6.07) is 4.02. The average Bonchev–Trinajstić information content (AvgIpc) is 2.80. The highest BCUT2D eigenvalue weighted by Gasteiger charge is 2.57. The molecular formula is C12H14N2S. The average molecular weight is 218 g/mol. The normalized spacial score (nSPS) is 27.1. The van der Waals surface area contributed by atoms with Crippen molar-refractivity contribution < 1.29 is 0 Å². The Morgan fingerprint density at radius 3 is 2.67 bits per heavy atom. The van der Waals surface area contributed by atoms with Crippen LogP contribution in [0.5, 0.6) is 0 Å². The molecule has 2 atom stereocenters. The molecule has 1 aromatic rings. The van der Waals surface area contributed by atoms with Crippen LogP contribution in [-0.2, 0) is 0 Å².